The third kappa shape index (κ3) is 5.07. The lowest BCUT2D eigenvalue weighted by Gasteiger charge is -2.19. The number of unbranched alkanes of at least 4 members (excludes halogenated alkanes) is 1. The van der Waals surface area contributed by atoms with Crippen molar-refractivity contribution in [2.45, 2.75) is 52.0 Å². The summed E-state index contributed by atoms with van der Waals surface area (Å²) < 4.78 is 0. The van der Waals surface area contributed by atoms with Crippen LogP contribution in [0, 0.1) is 10.1 Å². The molecule has 1 rings (SSSR count). The molecule has 0 aromatic heterocycles. The second-order valence-electron chi connectivity index (χ2n) is 4.69. The molecule has 0 saturated heterocycles. The molecule has 19 heavy (non-hydrogen) atoms. The zero-order chi connectivity index (χ0) is 14.3. The molecule has 0 spiro atoms. The first-order chi connectivity index (χ1) is 9.08. The Morgan fingerprint density at radius 3 is 2.63 bits per heavy atom. The van der Waals surface area contributed by atoms with E-state index in [1.165, 1.54) is 6.07 Å². The molecule has 1 N–H and O–H groups in total. The Morgan fingerprint density at radius 2 is 2.05 bits per heavy atom. The first-order valence-corrected chi connectivity index (χ1v) is 7.16. The number of nitro benzene ring substituents is 1. The maximum absolute atomic E-state index is 11.0. The molecule has 1 unspecified atom stereocenters. The van der Waals surface area contributed by atoms with E-state index in [9.17, 15) is 10.1 Å². The monoisotopic (exact) mass is 284 g/mol. The topological polar surface area (TPSA) is 55.2 Å². The van der Waals surface area contributed by atoms with E-state index in [0.29, 0.717) is 10.7 Å². The number of nitro groups is 1. The molecule has 1 atom stereocenters. The summed E-state index contributed by atoms with van der Waals surface area (Å²) in [5, 5.41) is 14.8. The number of anilines is 1. The van der Waals surface area contributed by atoms with Gasteiger partial charge in [0.15, 0.2) is 0 Å². The molecule has 1 aromatic rings. The number of hydrogen-bond acceptors (Lipinski definition) is 3. The second-order valence-corrected chi connectivity index (χ2v) is 5.13. The normalized spacial score (nSPS) is 12.2. The highest BCUT2D eigenvalue weighted by atomic mass is 35.5. The van der Waals surface area contributed by atoms with E-state index >= 15 is 0 Å². The van der Waals surface area contributed by atoms with E-state index in [2.05, 4.69) is 19.2 Å². The molecule has 0 radical (unpaired) electrons. The van der Waals surface area contributed by atoms with Crippen LogP contribution >= 0.6 is 11.6 Å². The molecular weight excluding hydrogens is 264 g/mol. The standard InChI is InChI=1S/C14H21ClN2O2/c1-3-5-7-12(6-4-2)16-13-10-11(15)8-9-14(13)17(18)19/h8-10,12,16H,3-7H2,1-2H3. The zero-order valence-corrected chi connectivity index (χ0v) is 12.2. The van der Waals surface area contributed by atoms with Crippen LogP contribution in [-0.4, -0.2) is 11.0 Å². The third-order valence-electron chi connectivity index (χ3n) is 3.06. The number of rotatable bonds is 8. The third-order valence-corrected chi connectivity index (χ3v) is 3.29. The van der Waals surface area contributed by atoms with Crippen molar-refractivity contribution in [3.63, 3.8) is 0 Å². The lowest BCUT2D eigenvalue weighted by Crippen LogP contribution is -2.19. The molecule has 0 heterocycles. The summed E-state index contributed by atoms with van der Waals surface area (Å²) >= 11 is 5.92. The summed E-state index contributed by atoms with van der Waals surface area (Å²) in [7, 11) is 0. The van der Waals surface area contributed by atoms with Gasteiger partial charge >= 0.3 is 0 Å². The molecule has 0 fully saturated rings. The fourth-order valence-corrected chi connectivity index (χ4v) is 2.26. The van der Waals surface area contributed by atoms with Gasteiger partial charge in [-0.05, 0) is 25.0 Å². The molecule has 0 bridgehead atoms. The largest absolute Gasteiger partial charge is 0.377 e. The Bertz CT molecular complexity index is 424. The van der Waals surface area contributed by atoms with Crippen LogP contribution in [0.15, 0.2) is 18.2 Å². The van der Waals surface area contributed by atoms with Gasteiger partial charge in [-0.1, -0.05) is 44.7 Å². The minimum atomic E-state index is -0.374. The average Bonchev–Trinajstić information content (AvgIpc) is 2.36. The van der Waals surface area contributed by atoms with E-state index in [0.717, 1.165) is 32.1 Å². The quantitative estimate of drug-likeness (QED) is 0.539. The Morgan fingerprint density at radius 1 is 1.32 bits per heavy atom. The van der Waals surface area contributed by atoms with Gasteiger partial charge in [0.25, 0.3) is 5.69 Å². The van der Waals surface area contributed by atoms with Crippen molar-refractivity contribution >= 4 is 23.0 Å². The summed E-state index contributed by atoms with van der Waals surface area (Å²) in [5.74, 6) is 0. The van der Waals surface area contributed by atoms with E-state index in [1.807, 2.05) is 0 Å². The Kier molecular flexibility index (Phi) is 6.64. The highest BCUT2D eigenvalue weighted by Gasteiger charge is 2.17. The van der Waals surface area contributed by atoms with Gasteiger partial charge in [-0.3, -0.25) is 10.1 Å². The van der Waals surface area contributed by atoms with Crippen LogP contribution in [0.3, 0.4) is 0 Å². The van der Waals surface area contributed by atoms with Crippen molar-refractivity contribution in [3.05, 3.63) is 33.3 Å². The van der Waals surface area contributed by atoms with Crippen LogP contribution < -0.4 is 5.32 Å². The van der Waals surface area contributed by atoms with Crippen LogP contribution in [0.4, 0.5) is 11.4 Å². The Labute approximate surface area is 119 Å². The van der Waals surface area contributed by atoms with Crippen LogP contribution in [0.1, 0.15) is 46.0 Å². The molecule has 0 amide bonds. The van der Waals surface area contributed by atoms with Crippen molar-refractivity contribution < 1.29 is 4.92 Å². The van der Waals surface area contributed by atoms with Crippen LogP contribution in [-0.2, 0) is 0 Å². The van der Waals surface area contributed by atoms with Crippen LogP contribution in [0.2, 0.25) is 5.02 Å². The van der Waals surface area contributed by atoms with Gasteiger partial charge in [0, 0.05) is 17.1 Å². The smallest absolute Gasteiger partial charge is 0.292 e. The minimum absolute atomic E-state index is 0.0852. The Hall–Kier alpha value is -1.29. The van der Waals surface area contributed by atoms with Crippen LogP contribution in [0.5, 0.6) is 0 Å². The van der Waals surface area contributed by atoms with Gasteiger partial charge in [0.2, 0.25) is 0 Å². The van der Waals surface area contributed by atoms with Gasteiger partial charge in [0.05, 0.1) is 4.92 Å². The van der Waals surface area contributed by atoms with Crippen molar-refractivity contribution in [1.82, 2.24) is 0 Å². The van der Waals surface area contributed by atoms with Gasteiger partial charge in [-0.25, -0.2) is 0 Å². The Balaban J connectivity index is 2.87. The van der Waals surface area contributed by atoms with E-state index < -0.39 is 0 Å². The van der Waals surface area contributed by atoms with E-state index in [4.69, 9.17) is 11.6 Å². The molecule has 0 saturated carbocycles. The first-order valence-electron chi connectivity index (χ1n) is 6.79. The van der Waals surface area contributed by atoms with Crippen molar-refractivity contribution in [2.24, 2.45) is 0 Å². The lowest BCUT2D eigenvalue weighted by molar-refractivity contribution is -0.384. The number of benzene rings is 1. The van der Waals surface area contributed by atoms with Crippen molar-refractivity contribution in [3.8, 4) is 0 Å². The molecule has 0 aliphatic carbocycles. The summed E-state index contributed by atoms with van der Waals surface area (Å²) in [6, 6.07) is 4.90. The van der Waals surface area contributed by atoms with Gasteiger partial charge < -0.3 is 5.32 Å². The number of hydrogen-bond donors (Lipinski definition) is 1. The van der Waals surface area contributed by atoms with Gasteiger partial charge in [-0.2, -0.15) is 0 Å². The fraction of sp³-hybridized carbons (Fsp3) is 0.571. The number of nitrogens with one attached hydrogen (secondary N) is 1. The van der Waals surface area contributed by atoms with E-state index in [1.54, 1.807) is 12.1 Å². The fourth-order valence-electron chi connectivity index (χ4n) is 2.09. The van der Waals surface area contributed by atoms with Gasteiger partial charge in [-0.15, -0.1) is 0 Å². The van der Waals surface area contributed by atoms with E-state index in [-0.39, 0.29) is 16.7 Å². The van der Waals surface area contributed by atoms with Crippen molar-refractivity contribution in [2.75, 3.05) is 5.32 Å². The van der Waals surface area contributed by atoms with Crippen LogP contribution in [0.25, 0.3) is 0 Å². The maximum Gasteiger partial charge on any atom is 0.292 e. The lowest BCUT2D eigenvalue weighted by atomic mass is 10.0. The zero-order valence-electron chi connectivity index (χ0n) is 11.5. The molecule has 1 aromatic carbocycles. The summed E-state index contributed by atoms with van der Waals surface area (Å²) in [4.78, 5) is 10.6. The average molecular weight is 285 g/mol. The molecule has 5 heteroatoms. The highest BCUT2D eigenvalue weighted by Crippen LogP contribution is 2.29. The number of halogens is 1. The molecule has 0 aliphatic heterocycles. The summed E-state index contributed by atoms with van der Waals surface area (Å²) in [5.41, 5.74) is 0.606. The molecule has 106 valence electrons. The highest BCUT2D eigenvalue weighted by molar-refractivity contribution is 6.31. The van der Waals surface area contributed by atoms with Crippen molar-refractivity contribution in [1.29, 1.82) is 0 Å². The number of nitrogens with zero attached hydrogens (tertiary/aromatic N) is 1. The maximum atomic E-state index is 11.0. The second kappa shape index (κ2) is 8.00. The molecule has 0 aliphatic rings. The summed E-state index contributed by atoms with van der Waals surface area (Å²) in [6.45, 7) is 4.26. The predicted molar refractivity (Wildman–Crippen MR) is 80.0 cm³/mol. The molecule has 4 nitrogen and oxygen atoms in total. The summed E-state index contributed by atoms with van der Waals surface area (Å²) in [6.07, 6.45) is 5.32. The SMILES string of the molecule is CCCCC(CCC)Nc1cc(Cl)ccc1[N+](=O)[O-]. The first kappa shape index (κ1) is 15.8. The minimum Gasteiger partial charge on any atom is -0.377 e. The molecular formula is C14H21ClN2O2. The van der Waals surface area contributed by atoms with Gasteiger partial charge in [0.1, 0.15) is 5.69 Å². The predicted octanol–water partition coefficient (Wildman–Crippen LogP) is 5.02.